The number of aliphatic hydroxyl groups is 1. The van der Waals surface area contributed by atoms with Crippen molar-refractivity contribution in [2.75, 3.05) is 18.1 Å². The highest BCUT2D eigenvalue weighted by Crippen LogP contribution is 2.24. The molecule has 0 spiro atoms. The van der Waals surface area contributed by atoms with Gasteiger partial charge < -0.3 is 19.5 Å². The zero-order valence-corrected chi connectivity index (χ0v) is 15.4. The number of anilines is 1. The summed E-state index contributed by atoms with van der Waals surface area (Å²) in [5, 5.41) is 23.5. The van der Waals surface area contributed by atoms with Crippen molar-refractivity contribution in [2.45, 2.75) is 18.6 Å². The van der Waals surface area contributed by atoms with E-state index < -0.39 is 23.6 Å². The molecule has 0 aliphatic carbocycles. The molecule has 11 heteroatoms. The summed E-state index contributed by atoms with van der Waals surface area (Å²) in [6.45, 7) is 1.26. The summed E-state index contributed by atoms with van der Waals surface area (Å²) in [5.74, 6) is -1.94. The monoisotopic (exact) mass is 398 g/mol. The zero-order chi connectivity index (χ0) is 19.1. The maximum Gasteiger partial charge on any atom is 0.338 e. The Morgan fingerprint density at radius 2 is 2.04 bits per heavy atom. The first kappa shape index (κ1) is 20.6. The molecule has 3 rings (SSSR count). The van der Waals surface area contributed by atoms with E-state index in [1.807, 2.05) is 0 Å². The minimum Gasteiger partial charge on any atom is -0.479 e. The summed E-state index contributed by atoms with van der Waals surface area (Å²) in [4.78, 5) is 36.6. The number of carboxylic acid groups (broad SMARTS) is 1. The van der Waals surface area contributed by atoms with E-state index in [-0.39, 0.29) is 31.1 Å². The number of pyridine rings is 1. The number of amides is 1. The van der Waals surface area contributed by atoms with Crippen LogP contribution in [0.15, 0.2) is 35.4 Å². The molecule has 146 valence electrons. The minimum atomic E-state index is -2.35. The van der Waals surface area contributed by atoms with Gasteiger partial charge in [-0.1, -0.05) is 0 Å². The summed E-state index contributed by atoms with van der Waals surface area (Å²) in [6.07, 6.45) is 1.68. The standard InChI is InChI=1S/C16H18N4O6.ClH/c1-16(25,15(23)24)13-14(22)19(7-8-26-13)11-5-6-20(17-11)10-3-4-12(21)18(2)9-10;/h3-6,9,13,25H,7-8H2,1-2H3,(H,23,24);1H. The Balaban J connectivity index is 0.00000261. The van der Waals surface area contributed by atoms with Crippen molar-refractivity contribution in [3.05, 3.63) is 40.9 Å². The lowest BCUT2D eigenvalue weighted by Gasteiger charge is -2.36. The molecule has 10 nitrogen and oxygen atoms in total. The van der Waals surface area contributed by atoms with E-state index in [1.54, 1.807) is 31.6 Å². The number of aryl methyl sites for hydroxylation is 1. The molecule has 2 atom stereocenters. The van der Waals surface area contributed by atoms with E-state index in [1.165, 1.54) is 20.2 Å². The molecule has 0 radical (unpaired) electrons. The molecule has 0 saturated carbocycles. The normalized spacial score (nSPS) is 19.3. The van der Waals surface area contributed by atoms with Gasteiger partial charge in [0.05, 0.1) is 18.8 Å². The van der Waals surface area contributed by atoms with Crippen molar-refractivity contribution >= 4 is 30.1 Å². The summed E-state index contributed by atoms with van der Waals surface area (Å²) < 4.78 is 8.08. The van der Waals surface area contributed by atoms with E-state index in [4.69, 9.17) is 9.84 Å². The predicted molar refractivity (Wildman–Crippen MR) is 96.4 cm³/mol. The number of nitrogens with zero attached hydrogens (tertiary/aromatic N) is 4. The fraction of sp³-hybridized carbons (Fsp3) is 0.375. The van der Waals surface area contributed by atoms with Crippen molar-refractivity contribution in [1.82, 2.24) is 14.3 Å². The Hall–Kier alpha value is -2.69. The van der Waals surface area contributed by atoms with Crippen LogP contribution in [0.4, 0.5) is 5.82 Å². The zero-order valence-electron chi connectivity index (χ0n) is 14.6. The van der Waals surface area contributed by atoms with Crippen molar-refractivity contribution in [3.8, 4) is 5.69 Å². The third-order valence-electron chi connectivity index (χ3n) is 4.22. The van der Waals surface area contributed by atoms with Gasteiger partial charge in [-0.05, 0) is 13.0 Å². The van der Waals surface area contributed by atoms with Gasteiger partial charge in [0.25, 0.3) is 5.91 Å². The number of halogens is 1. The van der Waals surface area contributed by atoms with E-state index in [9.17, 15) is 19.5 Å². The van der Waals surface area contributed by atoms with E-state index >= 15 is 0 Å². The molecule has 0 aromatic carbocycles. The lowest BCUT2D eigenvalue weighted by molar-refractivity contribution is -0.180. The number of aliphatic carboxylic acids is 1. The molecular formula is C16H19ClN4O6. The van der Waals surface area contributed by atoms with Gasteiger partial charge >= 0.3 is 5.97 Å². The van der Waals surface area contributed by atoms with Gasteiger partial charge in [-0.15, -0.1) is 17.5 Å². The third-order valence-corrected chi connectivity index (χ3v) is 4.22. The minimum absolute atomic E-state index is 0. The van der Waals surface area contributed by atoms with Gasteiger partial charge in [-0.2, -0.15) is 0 Å². The number of rotatable bonds is 4. The number of ether oxygens (including phenoxy) is 1. The summed E-state index contributed by atoms with van der Waals surface area (Å²) in [7, 11) is 1.61. The third kappa shape index (κ3) is 3.72. The molecule has 1 fully saturated rings. The van der Waals surface area contributed by atoms with Crippen LogP contribution in [0.1, 0.15) is 6.92 Å². The Labute approximate surface area is 160 Å². The van der Waals surface area contributed by atoms with Crippen molar-refractivity contribution < 1.29 is 24.5 Å². The molecule has 1 aliphatic rings. The molecule has 1 aliphatic heterocycles. The predicted octanol–water partition coefficient (Wildman–Crippen LogP) is -0.440. The van der Waals surface area contributed by atoms with Crippen LogP contribution in [0.2, 0.25) is 0 Å². The molecule has 2 unspecified atom stereocenters. The van der Waals surface area contributed by atoms with E-state index in [0.717, 1.165) is 6.92 Å². The lowest BCUT2D eigenvalue weighted by atomic mass is 9.97. The lowest BCUT2D eigenvalue weighted by Crippen LogP contribution is -2.60. The Morgan fingerprint density at radius 3 is 2.67 bits per heavy atom. The Morgan fingerprint density at radius 1 is 1.33 bits per heavy atom. The number of carbonyl (C=O) groups excluding carboxylic acids is 1. The van der Waals surface area contributed by atoms with Gasteiger partial charge in [-0.3, -0.25) is 14.5 Å². The highest BCUT2D eigenvalue weighted by atomic mass is 35.5. The molecule has 2 N–H and O–H groups in total. The number of carbonyl (C=O) groups is 2. The smallest absolute Gasteiger partial charge is 0.338 e. The number of morpholine rings is 1. The van der Waals surface area contributed by atoms with Crippen LogP contribution in [-0.2, 0) is 21.4 Å². The fourth-order valence-corrected chi connectivity index (χ4v) is 2.64. The molecule has 0 bridgehead atoms. The van der Waals surface area contributed by atoms with Crippen LogP contribution >= 0.6 is 12.4 Å². The number of hydrogen-bond acceptors (Lipinski definition) is 6. The first-order chi connectivity index (χ1) is 12.2. The SMILES string of the molecule is Cl.Cn1cc(-n2ccc(N3CCOC(C(C)(O)C(=O)O)C3=O)n2)ccc1=O. The summed E-state index contributed by atoms with van der Waals surface area (Å²) >= 11 is 0. The summed E-state index contributed by atoms with van der Waals surface area (Å²) in [6, 6.07) is 4.58. The van der Waals surface area contributed by atoms with Gasteiger partial charge in [0.15, 0.2) is 17.5 Å². The molecular weight excluding hydrogens is 380 g/mol. The average molecular weight is 399 g/mol. The molecule has 2 aromatic heterocycles. The van der Waals surface area contributed by atoms with E-state index in [0.29, 0.717) is 11.5 Å². The van der Waals surface area contributed by atoms with E-state index in [2.05, 4.69) is 5.10 Å². The van der Waals surface area contributed by atoms with Gasteiger partial charge in [0, 0.05) is 31.6 Å². The second-order valence-corrected chi connectivity index (χ2v) is 6.15. The van der Waals surface area contributed by atoms with Crippen molar-refractivity contribution in [3.63, 3.8) is 0 Å². The average Bonchev–Trinajstić information content (AvgIpc) is 3.07. The van der Waals surface area contributed by atoms with Gasteiger partial charge in [0.2, 0.25) is 5.56 Å². The van der Waals surface area contributed by atoms with Crippen LogP contribution in [0, 0.1) is 0 Å². The largest absolute Gasteiger partial charge is 0.479 e. The Bertz CT molecular complexity index is 922. The molecule has 27 heavy (non-hydrogen) atoms. The number of hydrogen-bond donors (Lipinski definition) is 2. The van der Waals surface area contributed by atoms with Crippen molar-refractivity contribution in [1.29, 1.82) is 0 Å². The van der Waals surface area contributed by atoms with Crippen LogP contribution in [0.5, 0.6) is 0 Å². The maximum atomic E-state index is 12.6. The first-order valence-corrected chi connectivity index (χ1v) is 7.83. The van der Waals surface area contributed by atoms with Crippen LogP contribution in [-0.4, -0.2) is 61.3 Å². The molecule has 2 aromatic rings. The van der Waals surface area contributed by atoms with Gasteiger partial charge in [0.1, 0.15) is 0 Å². The number of carboxylic acids is 1. The van der Waals surface area contributed by atoms with Crippen LogP contribution in [0.3, 0.4) is 0 Å². The Kier molecular flexibility index (Phi) is 5.73. The molecule has 3 heterocycles. The maximum absolute atomic E-state index is 12.6. The second kappa shape index (κ2) is 7.51. The number of aromatic nitrogens is 3. The second-order valence-electron chi connectivity index (χ2n) is 6.15. The van der Waals surface area contributed by atoms with Gasteiger partial charge in [-0.25, -0.2) is 9.48 Å². The fourth-order valence-electron chi connectivity index (χ4n) is 2.64. The first-order valence-electron chi connectivity index (χ1n) is 7.83. The topological polar surface area (TPSA) is 127 Å². The van der Waals surface area contributed by atoms with Crippen LogP contribution in [0.25, 0.3) is 5.69 Å². The highest BCUT2D eigenvalue weighted by Gasteiger charge is 2.49. The quantitative estimate of drug-likeness (QED) is 0.714. The highest BCUT2D eigenvalue weighted by molar-refractivity contribution is 6.00. The molecule has 1 saturated heterocycles. The van der Waals surface area contributed by atoms with Crippen LogP contribution < -0.4 is 10.5 Å². The summed E-state index contributed by atoms with van der Waals surface area (Å²) in [5.41, 5.74) is -1.90. The molecule has 1 amide bonds. The van der Waals surface area contributed by atoms with Crippen molar-refractivity contribution in [2.24, 2.45) is 7.05 Å².